The minimum Gasteiger partial charge on any atom is -0.493 e. The number of primary amides is 1. The van der Waals surface area contributed by atoms with Crippen LogP contribution in [0, 0.1) is 13.8 Å². The summed E-state index contributed by atoms with van der Waals surface area (Å²) < 4.78 is 5.75. The zero-order valence-corrected chi connectivity index (χ0v) is 11.6. The first-order chi connectivity index (χ1) is 9.08. The topological polar surface area (TPSA) is 64.3 Å². The van der Waals surface area contributed by atoms with E-state index < -0.39 is 0 Å². The lowest BCUT2D eigenvalue weighted by Crippen LogP contribution is -2.43. The molecule has 0 aliphatic heterocycles. The van der Waals surface area contributed by atoms with Gasteiger partial charge in [-0.1, -0.05) is 12.1 Å². The van der Waals surface area contributed by atoms with E-state index in [-0.39, 0.29) is 11.9 Å². The molecule has 0 bridgehead atoms. The molecule has 0 radical (unpaired) electrons. The van der Waals surface area contributed by atoms with Crippen LogP contribution in [0.25, 0.3) is 0 Å². The van der Waals surface area contributed by atoms with Gasteiger partial charge in [-0.15, -0.1) is 0 Å². The molecular weight excluding hydrogens is 240 g/mol. The van der Waals surface area contributed by atoms with Crippen LogP contribution >= 0.6 is 0 Å². The lowest BCUT2D eigenvalue weighted by molar-refractivity contribution is -0.120. The number of benzene rings is 1. The maximum Gasteiger partial charge on any atom is 0.234 e. The molecule has 0 heterocycles. The maximum absolute atomic E-state index is 11.3. The van der Waals surface area contributed by atoms with Crippen LogP contribution in [0.3, 0.4) is 0 Å². The van der Waals surface area contributed by atoms with Gasteiger partial charge in [0.25, 0.3) is 0 Å². The van der Waals surface area contributed by atoms with Crippen LogP contribution in [0.5, 0.6) is 5.75 Å². The van der Waals surface area contributed by atoms with Gasteiger partial charge < -0.3 is 15.8 Å². The molecule has 1 aromatic carbocycles. The highest BCUT2D eigenvalue weighted by Gasteiger charge is 2.27. The lowest BCUT2D eigenvalue weighted by atomic mass is 10.1. The van der Waals surface area contributed by atoms with Crippen molar-refractivity contribution in [1.82, 2.24) is 5.32 Å². The second-order valence-electron chi connectivity index (χ2n) is 5.23. The summed E-state index contributed by atoms with van der Waals surface area (Å²) in [5, 5.41) is 3.25. The quantitative estimate of drug-likeness (QED) is 0.785. The van der Waals surface area contributed by atoms with Crippen molar-refractivity contribution in [2.45, 2.75) is 45.2 Å². The number of nitrogens with two attached hydrogens (primary N) is 1. The van der Waals surface area contributed by atoms with Crippen molar-refractivity contribution in [3.8, 4) is 5.75 Å². The average Bonchev–Trinajstić information content (AvgIpc) is 3.17. The van der Waals surface area contributed by atoms with Crippen LogP contribution in [0.4, 0.5) is 0 Å². The molecule has 4 heteroatoms. The number of rotatable bonds is 7. The van der Waals surface area contributed by atoms with Crippen molar-refractivity contribution in [3.63, 3.8) is 0 Å². The first kappa shape index (κ1) is 13.9. The molecule has 2 rings (SSSR count). The Hall–Kier alpha value is -1.55. The van der Waals surface area contributed by atoms with E-state index in [0.29, 0.717) is 19.1 Å². The number of amides is 1. The van der Waals surface area contributed by atoms with Gasteiger partial charge in [0.05, 0.1) is 12.6 Å². The van der Waals surface area contributed by atoms with Gasteiger partial charge in [-0.05, 0) is 43.9 Å². The number of carbonyl (C=O) groups excluding carboxylic acids is 1. The Labute approximate surface area is 114 Å². The third-order valence-electron chi connectivity index (χ3n) is 3.58. The third kappa shape index (κ3) is 3.96. The van der Waals surface area contributed by atoms with Crippen LogP contribution < -0.4 is 15.8 Å². The Kier molecular flexibility index (Phi) is 4.43. The molecule has 0 aromatic heterocycles. The normalized spacial score (nSPS) is 16.1. The van der Waals surface area contributed by atoms with Gasteiger partial charge in [-0.2, -0.15) is 0 Å². The molecule has 1 unspecified atom stereocenters. The lowest BCUT2D eigenvalue weighted by Gasteiger charge is -2.16. The highest BCUT2D eigenvalue weighted by molar-refractivity contribution is 5.79. The van der Waals surface area contributed by atoms with E-state index >= 15 is 0 Å². The second-order valence-corrected chi connectivity index (χ2v) is 5.23. The smallest absolute Gasteiger partial charge is 0.234 e. The van der Waals surface area contributed by atoms with Gasteiger partial charge in [-0.3, -0.25) is 4.79 Å². The van der Waals surface area contributed by atoms with E-state index in [0.717, 1.165) is 24.2 Å². The summed E-state index contributed by atoms with van der Waals surface area (Å²) in [6, 6.07) is 6.18. The highest BCUT2D eigenvalue weighted by Crippen LogP contribution is 2.22. The minimum absolute atomic E-state index is 0.280. The number of carbonyl (C=O) groups is 1. The summed E-state index contributed by atoms with van der Waals surface area (Å²) in [6.07, 6.45) is 2.89. The molecule has 1 aliphatic carbocycles. The van der Waals surface area contributed by atoms with Crippen LogP contribution in [0.1, 0.15) is 30.4 Å². The molecule has 4 nitrogen and oxygen atoms in total. The predicted molar refractivity (Wildman–Crippen MR) is 75.2 cm³/mol. The number of aryl methyl sites for hydroxylation is 1. The first-order valence-corrected chi connectivity index (χ1v) is 6.82. The molecule has 0 saturated heterocycles. The number of hydrogen-bond acceptors (Lipinski definition) is 3. The standard InChI is InChI=1S/C15H22N2O2/c1-10-4-3-5-14(11(10)2)19-9-8-13(15(16)18)17-12-6-7-12/h3-5,12-13,17H,6-9H2,1-2H3,(H2,16,18). The summed E-state index contributed by atoms with van der Waals surface area (Å²) in [7, 11) is 0. The van der Waals surface area contributed by atoms with E-state index in [1.165, 1.54) is 5.56 Å². The average molecular weight is 262 g/mol. The van der Waals surface area contributed by atoms with Crippen molar-refractivity contribution in [3.05, 3.63) is 29.3 Å². The second kappa shape index (κ2) is 6.06. The summed E-state index contributed by atoms with van der Waals surface area (Å²) >= 11 is 0. The minimum atomic E-state index is -0.295. The fourth-order valence-electron chi connectivity index (χ4n) is 2.01. The fraction of sp³-hybridized carbons (Fsp3) is 0.533. The summed E-state index contributed by atoms with van der Waals surface area (Å²) in [5.41, 5.74) is 7.74. The molecule has 1 atom stereocenters. The van der Waals surface area contributed by atoms with E-state index in [2.05, 4.69) is 18.3 Å². The van der Waals surface area contributed by atoms with Crippen LogP contribution in [-0.2, 0) is 4.79 Å². The van der Waals surface area contributed by atoms with E-state index in [4.69, 9.17) is 10.5 Å². The highest BCUT2D eigenvalue weighted by atomic mass is 16.5. The Morgan fingerprint density at radius 2 is 2.21 bits per heavy atom. The van der Waals surface area contributed by atoms with Gasteiger partial charge in [0, 0.05) is 12.5 Å². The van der Waals surface area contributed by atoms with Crippen molar-refractivity contribution < 1.29 is 9.53 Å². The summed E-state index contributed by atoms with van der Waals surface area (Å²) in [6.45, 7) is 4.60. The summed E-state index contributed by atoms with van der Waals surface area (Å²) in [4.78, 5) is 11.3. The Balaban J connectivity index is 1.83. The molecule has 1 fully saturated rings. The number of nitrogens with one attached hydrogen (secondary N) is 1. The van der Waals surface area contributed by atoms with Crippen molar-refractivity contribution in [2.75, 3.05) is 6.61 Å². The zero-order chi connectivity index (χ0) is 13.8. The molecule has 1 amide bonds. The van der Waals surface area contributed by atoms with Crippen LogP contribution in [0.2, 0.25) is 0 Å². The van der Waals surface area contributed by atoms with Crippen molar-refractivity contribution >= 4 is 5.91 Å². The molecule has 1 aliphatic rings. The fourth-order valence-corrected chi connectivity index (χ4v) is 2.01. The van der Waals surface area contributed by atoms with E-state index in [1.54, 1.807) is 0 Å². The molecule has 0 spiro atoms. The number of ether oxygens (including phenoxy) is 1. The third-order valence-corrected chi connectivity index (χ3v) is 3.58. The monoisotopic (exact) mass is 262 g/mol. The SMILES string of the molecule is Cc1cccc(OCCC(NC2CC2)C(N)=O)c1C. The van der Waals surface area contributed by atoms with Crippen LogP contribution in [0.15, 0.2) is 18.2 Å². The summed E-state index contributed by atoms with van der Waals surface area (Å²) in [5.74, 6) is 0.589. The van der Waals surface area contributed by atoms with Gasteiger partial charge in [0.2, 0.25) is 5.91 Å². The van der Waals surface area contributed by atoms with Gasteiger partial charge in [0.1, 0.15) is 5.75 Å². The molecule has 19 heavy (non-hydrogen) atoms. The molecule has 1 saturated carbocycles. The largest absolute Gasteiger partial charge is 0.493 e. The van der Waals surface area contributed by atoms with E-state index in [1.807, 2.05) is 19.1 Å². The first-order valence-electron chi connectivity index (χ1n) is 6.82. The predicted octanol–water partition coefficient (Wildman–Crippen LogP) is 1.68. The van der Waals surface area contributed by atoms with E-state index in [9.17, 15) is 4.79 Å². The van der Waals surface area contributed by atoms with Crippen molar-refractivity contribution in [2.24, 2.45) is 5.73 Å². The Morgan fingerprint density at radius 1 is 1.47 bits per heavy atom. The molecule has 104 valence electrons. The zero-order valence-electron chi connectivity index (χ0n) is 11.6. The molecule has 3 N–H and O–H groups in total. The number of hydrogen-bond donors (Lipinski definition) is 2. The van der Waals surface area contributed by atoms with Crippen LogP contribution in [-0.4, -0.2) is 24.6 Å². The van der Waals surface area contributed by atoms with Gasteiger partial charge in [0.15, 0.2) is 0 Å². The Morgan fingerprint density at radius 3 is 2.84 bits per heavy atom. The van der Waals surface area contributed by atoms with Crippen molar-refractivity contribution in [1.29, 1.82) is 0 Å². The maximum atomic E-state index is 11.3. The van der Waals surface area contributed by atoms with Gasteiger partial charge >= 0.3 is 0 Å². The van der Waals surface area contributed by atoms with Gasteiger partial charge in [-0.25, -0.2) is 0 Å². The Bertz CT molecular complexity index is 455. The molecular formula is C15H22N2O2. The molecule has 1 aromatic rings.